The summed E-state index contributed by atoms with van der Waals surface area (Å²) >= 11 is 1.42. The Labute approximate surface area is 146 Å². The van der Waals surface area contributed by atoms with Crippen molar-refractivity contribution in [2.24, 2.45) is 0 Å². The summed E-state index contributed by atoms with van der Waals surface area (Å²) in [7, 11) is 0. The van der Waals surface area contributed by atoms with Crippen LogP contribution in [0.25, 0.3) is 0 Å². The van der Waals surface area contributed by atoms with E-state index in [4.69, 9.17) is 0 Å². The number of alkyl halides is 3. The second-order valence-corrected chi connectivity index (χ2v) is 5.94. The third kappa shape index (κ3) is 4.00. The van der Waals surface area contributed by atoms with Crippen molar-refractivity contribution in [2.45, 2.75) is 6.18 Å². The molecule has 0 bridgehead atoms. The minimum absolute atomic E-state index is 0.0796. The molecule has 0 atom stereocenters. The van der Waals surface area contributed by atoms with E-state index >= 15 is 0 Å². The number of halogens is 3. The largest absolute Gasteiger partial charge is 0.416 e. The van der Waals surface area contributed by atoms with Crippen molar-refractivity contribution in [1.82, 2.24) is 0 Å². The summed E-state index contributed by atoms with van der Waals surface area (Å²) in [6.45, 7) is 0. The SMILES string of the molecule is O=C(Nc1cccc(C(F)(F)F)c1)N(c1ccccc1)c1ccsc1. The number of carbonyl (C=O) groups is 1. The van der Waals surface area contributed by atoms with Gasteiger partial charge in [-0.1, -0.05) is 24.3 Å². The number of para-hydroxylation sites is 1. The predicted octanol–water partition coefficient (Wildman–Crippen LogP) is 6.14. The van der Waals surface area contributed by atoms with Crippen LogP contribution in [0, 0.1) is 0 Å². The van der Waals surface area contributed by atoms with Crippen molar-refractivity contribution in [3.63, 3.8) is 0 Å². The standard InChI is InChI=1S/C18H13F3N2OS/c19-18(20,21)13-5-4-6-14(11-13)22-17(24)23(16-9-10-25-12-16)15-7-2-1-3-8-15/h1-12H,(H,22,24). The number of nitrogens with one attached hydrogen (secondary N) is 1. The molecule has 0 unspecified atom stereocenters. The van der Waals surface area contributed by atoms with Crippen molar-refractivity contribution in [1.29, 1.82) is 0 Å². The highest BCUT2D eigenvalue weighted by molar-refractivity contribution is 7.08. The summed E-state index contributed by atoms with van der Waals surface area (Å²) in [6, 6.07) is 14.7. The average Bonchev–Trinajstić information content (AvgIpc) is 3.09. The van der Waals surface area contributed by atoms with Crippen molar-refractivity contribution in [3.05, 3.63) is 77.0 Å². The van der Waals surface area contributed by atoms with E-state index in [1.807, 2.05) is 11.4 Å². The summed E-state index contributed by atoms with van der Waals surface area (Å²) in [5.74, 6) is 0. The van der Waals surface area contributed by atoms with Gasteiger partial charge in [-0.15, -0.1) is 0 Å². The number of hydrogen-bond acceptors (Lipinski definition) is 2. The number of carbonyl (C=O) groups excluding carboxylic acids is 1. The van der Waals surface area contributed by atoms with Gasteiger partial charge in [-0.2, -0.15) is 24.5 Å². The Balaban J connectivity index is 1.90. The van der Waals surface area contributed by atoms with E-state index in [0.717, 1.165) is 12.1 Å². The molecule has 2 aromatic carbocycles. The van der Waals surface area contributed by atoms with Crippen LogP contribution >= 0.6 is 11.3 Å². The molecule has 0 saturated carbocycles. The van der Waals surface area contributed by atoms with Crippen molar-refractivity contribution < 1.29 is 18.0 Å². The second kappa shape index (κ2) is 6.98. The van der Waals surface area contributed by atoms with Crippen molar-refractivity contribution in [3.8, 4) is 0 Å². The van der Waals surface area contributed by atoms with Crippen LogP contribution in [0.15, 0.2) is 71.4 Å². The summed E-state index contributed by atoms with van der Waals surface area (Å²) in [5, 5.41) is 6.15. The van der Waals surface area contributed by atoms with Gasteiger partial charge < -0.3 is 5.32 Å². The van der Waals surface area contributed by atoms with Gasteiger partial charge in [0.25, 0.3) is 0 Å². The van der Waals surface area contributed by atoms with Crippen LogP contribution in [0.5, 0.6) is 0 Å². The highest BCUT2D eigenvalue weighted by Gasteiger charge is 2.30. The average molecular weight is 362 g/mol. The van der Waals surface area contributed by atoms with Crippen molar-refractivity contribution >= 4 is 34.4 Å². The fourth-order valence-corrected chi connectivity index (χ4v) is 2.92. The Morgan fingerprint density at radius 3 is 2.36 bits per heavy atom. The maximum atomic E-state index is 12.8. The third-order valence-corrected chi connectivity index (χ3v) is 4.09. The number of anilines is 3. The molecular formula is C18H13F3N2OS. The van der Waals surface area contributed by atoms with Gasteiger partial charge in [-0.05, 0) is 41.8 Å². The number of urea groups is 1. The zero-order valence-electron chi connectivity index (χ0n) is 12.8. The number of amides is 2. The molecule has 0 fully saturated rings. The molecule has 0 aliphatic heterocycles. The maximum absolute atomic E-state index is 12.8. The Morgan fingerprint density at radius 1 is 0.960 bits per heavy atom. The zero-order chi connectivity index (χ0) is 17.9. The first-order valence-corrected chi connectivity index (χ1v) is 8.25. The first-order chi connectivity index (χ1) is 11.9. The molecule has 1 aromatic heterocycles. The fourth-order valence-electron chi connectivity index (χ4n) is 2.30. The fraction of sp³-hybridized carbons (Fsp3) is 0.0556. The van der Waals surface area contributed by atoms with Gasteiger partial charge in [-0.3, -0.25) is 4.90 Å². The second-order valence-electron chi connectivity index (χ2n) is 5.16. The topological polar surface area (TPSA) is 32.3 Å². The Bertz CT molecular complexity index is 848. The molecular weight excluding hydrogens is 349 g/mol. The number of benzene rings is 2. The minimum atomic E-state index is -4.47. The maximum Gasteiger partial charge on any atom is 0.416 e. The number of thiophene rings is 1. The molecule has 0 aliphatic rings. The van der Waals surface area contributed by atoms with Crippen LogP contribution in [-0.2, 0) is 6.18 Å². The van der Waals surface area contributed by atoms with Crippen molar-refractivity contribution in [2.75, 3.05) is 10.2 Å². The van der Waals surface area contributed by atoms with Gasteiger partial charge in [0.15, 0.2) is 0 Å². The first kappa shape index (κ1) is 17.0. The normalized spacial score (nSPS) is 11.2. The van der Waals surface area contributed by atoms with Gasteiger partial charge in [-0.25, -0.2) is 4.79 Å². The Hall–Kier alpha value is -2.80. The first-order valence-electron chi connectivity index (χ1n) is 7.31. The molecule has 1 heterocycles. The van der Waals surface area contributed by atoms with Gasteiger partial charge in [0.1, 0.15) is 0 Å². The molecule has 2 amide bonds. The van der Waals surface area contributed by atoms with Crippen LogP contribution in [-0.4, -0.2) is 6.03 Å². The Morgan fingerprint density at radius 2 is 1.72 bits per heavy atom. The van der Waals surface area contributed by atoms with E-state index in [9.17, 15) is 18.0 Å². The van der Waals surface area contributed by atoms with Crippen LogP contribution in [0.3, 0.4) is 0 Å². The summed E-state index contributed by atoms with van der Waals surface area (Å²) in [6.07, 6.45) is -4.47. The molecule has 3 rings (SSSR count). The molecule has 25 heavy (non-hydrogen) atoms. The number of nitrogens with zero attached hydrogens (tertiary/aromatic N) is 1. The lowest BCUT2D eigenvalue weighted by atomic mass is 10.2. The predicted molar refractivity (Wildman–Crippen MR) is 93.4 cm³/mol. The highest BCUT2D eigenvalue weighted by Crippen LogP contribution is 2.32. The molecule has 3 aromatic rings. The quantitative estimate of drug-likeness (QED) is 0.596. The van der Waals surface area contributed by atoms with E-state index in [1.54, 1.807) is 35.7 Å². The summed E-state index contributed by atoms with van der Waals surface area (Å²) in [4.78, 5) is 14.1. The Kier molecular flexibility index (Phi) is 4.76. The highest BCUT2D eigenvalue weighted by atomic mass is 32.1. The third-order valence-electron chi connectivity index (χ3n) is 3.42. The molecule has 0 radical (unpaired) electrons. The van der Waals surface area contributed by atoms with Crippen LogP contribution in [0.4, 0.5) is 35.0 Å². The minimum Gasteiger partial charge on any atom is -0.307 e. The smallest absolute Gasteiger partial charge is 0.307 e. The van der Waals surface area contributed by atoms with E-state index in [-0.39, 0.29) is 5.69 Å². The van der Waals surface area contributed by atoms with Crippen LogP contribution in [0.2, 0.25) is 0 Å². The molecule has 0 spiro atoms. The summed E-state index contributed by atoms with van der Waals surface area (Å²) in [5.41, 5.74) is 0.522. The number of hydrogen-bond donors (Lipinski definition) is 1. The van der Waals surface area contributed by atoms with Crippen LogP contribution in [0.1, 0.15) is 5.56 Å². The van der Waals surface area contributed by atoms with E-state index < -0.39 is 17.8 Å². The van der Waals surface area contributed by atoms with E-state index in [0.29, 0.717) is 11.4 Å². The van der Waals surface area contributed by atoms with Gasteiger partial charge >= 0.3 is 12.2 Å². The lowest BCUT2D eigenvalue weighted by Crippen LogP contribution is -2.30. The lowest BCUT2D eigenvalue weighted by Gasteiger charge is -2.22. The molecule has 128 valence electrons. The number of rotatable bonds is 3. The molecule has 7 heteroatoms. The van der Waals surface area contributed by atoms with Gasteiger partial charge in [0.2, 0.25) is 0 Å². The van der Waals surface area contributed by atoms with Gasteiger partial charge in [0, 0.05) is 11.1 Å². The zero-order valence-corrected chi connectivity index (χ0v) is 13.6. The monoisotopic (exact) mass is 362 g/mol. The van der Waals surface area contributed by atoms with E-state index in [1.165, 1.54) is 28.4 Å². The summed E-state index contributed by atoms with van der Waals surface area (Å²) < 4.78 is 38.5. The lowest BCUT2D eigenvalue weighted by molar-refractivity contribution is -0.137. The van der Waals surface area contributed by atoms with E-state index in [2.05, 4.69) is 5.32 Å². The molecule has 0 saturated heterocycles. The van der Waals surface area contributed by atoms with Crippen LogP contribution < -0.4 is 10.2 Å². The molecule has 1 N–H and O–H groups in total. The molecule has 3 nitrogen and oxygen atoms in total. The van der Waals surface area contributed by atoms with Gasteiger partial charge in [0.05, 0.1) is 16.9 Å². The molecule has 0 aliphatic carbocycles.